The van der Waals surface area contributed by atoms with Crippen molar-refractivity contribution < 1.29 is 9.47 Å². The van der Waals surface area contributed by atoms with Crippen LogP contribution >= 0.6 is 0 Å². The molecule has 1 atom stereocenters. The van der Waals surface area contributed by atoms with Gasteiger partial charge in [0.25, 0.3) is 0 Å². The Balaban J connectivity index is 1.50. The number of benzene rings is 3. The standard InChI is InChI=1S/C25H28O2/c1-3-26-23-17-15-22(16-18-23)20(2)9-7-10-21-11-8-14-25(19-21)27-24-12-5-4-6-13-24/h4-6,8,11-20H,3,7,9-10H2,1-2H3. The molecule has 0 aliphatic heterocycles. The Labute approximate surface area is 162 Å². The molecule has 0 spiro atoms. The average molecular weight is 360 g/mol. The first-order chi connectivity index (χ1) is 13.2. The second-order valence-corrected chi connectivity index (χ2v) is 6.86. The predicted molar refractivity (Wildman–Crippen MR) is 112 cm³/mol. The molecule has 0 heterocycles. The van der Waals surface area contributed by atoms with Crippen LogP contribution in [0.4, 0.5) is 0 Å². The lowest BCUT2D eigenvalue weighted by Gasteiger charge is -2.13. The van der Waals surface area contributed by atoms with Gasteiger partial charge in [0.15, 0.2) is 0 Å². The molecule has 0 aliphatic carbocycles. The van der Waals surface area contributed by atoms with E-state index in [4.69, 9.17) is 9.47 Å². The minimum atomic E-state index is 0.546. The van der Waals surface area contributed by atoms with Crippen LogP contribution in [0.5, 0.6) is 17.2 Å². The van der Waals surface area contributed by atoms with Crippen molar-refractivity contribution in [2.24, 2.45) is 0 Å². The van der Waals surface area contributed by atoms with Crippen LogP contribution < -0.4 is 9.47 Å². The van der Waals surface area contributed by atoms with Crippen molar-refractivity contribution in [2.75, 3.05) is 6.61 Å². The summed E-state index contributed by atoms with van der Waals surface area (Å²) in [6, 6.07) is 26.8. The summed E-state index contributed by atoms with van der Waals surface area (Å²) in [6.45, 7) is 5.02. The quantitative estimate of drug-likeness (QED) is 0.409. The Bertz CT molecular complexity index is 809. The van der Waals surface area contributed by atoms with Gasteiger partial charge in [-0.3, -0.25) is 0 Å². The van der Waals surface area contributed by atoms with Gasteiger partial charge in [0.2, 0.25) is 0 Å². The molecule has 3 aromatic rings. The SMILES string of the molecule is CCOc1ccc(C(C)CCCc2cccc(Oc3ccccc3)c2)cc1. The third-order valence-corrected chi connectivity index (χ3v) is 4.74. The minimum absolute atomic E-state index is 0.546. The largest absolute Gasteiger partial charge is 0.494 e. The lowest BCUT2D eigenvalue weighted by Crippen LogP contribution is -1.97. The molecule has 0 amide bonds. The summed E-state index contributed by atoms with van der Waals surface area (Å²) in [5.74, 6) is 3.27. The first kappa shape index (κ1) is 19.0. The first-order valence-electron chi connectivity index (χ1n) is 9.79. The smallest absolute Gasteiger partial charge is 0.127 e. The van der Waals surface area contributed by atoms with Crippen LogP contribution in [0.25, 0.3) is 0 Å². The zero-order valence-electron chi connectivity index (χ0n) is 16.2. The Morgan fingerprint density at radius 3 is 2.26 bits per heavy atom. The molecule has 3 aromatic carbocycles. The molecule has 2 nitrogen and oxygen atoms in total. The molecular formula is C25H28O2. The fraction of sp³-hybridized carbons (Fsp3) is 0.280. The van der Waals surface area contributed by atoms with E-state index in [0.717, 1.165) is 36.5 Å². The summed E-state index contributed by atoms with van der Waals surface area (Å²) in [4.78, 5) is 0. The van der Waals surface area contributed by atoms with Crippen molar-refractivity contribution in [1.29, 1.82) is 0 Å². The predicted octanol–water partition coefficient (Wildman–Crippen LogP) is 7.00. The lowest BCUT2D eigenvalue weighted by molar-refractivity contribution is 0.340. The lowest BCUT2D eigenvalue weighted by atomic mass is 9.94. The van der Waals surface area contributed by atoms with Gasteiger partial charge in [0.05, 0.1) is 6.61 Å². The van der Waals surface area contributed by atoms with E-state index >= 15 is 0 Å². The van der Waals surface area contributed by atoms with Gasteiger partial charge < -0.3 is 9.47 Å². The highest BCUT2D eigenvalue weighted by atomic mass is 16.5. The summed E-state index contributed by atoms with van der Waals surface area (Å²) in [7, 11) is 0. The van der Waals surface area contributed by atoms with Crippen molar-refractivity contribution >= 4 is 0 Å². The maximum absolute atomic E-state index is 5.93. The number of ether oxygens (including phenoxy) is 2. The molecule has 0 aromatic heterocycles. The molecule has 140 valence electrons. The fourth-order valence-electron chi connectivity index (χ4n) is 3.23. The average Bonchev–Trinajstić information content (AvgIpc) is 2.70. The number of hydrogen-bond acceptors (Lipinski definition) is 2. The van der Waals surface area contributed by atoms with E-state index in [1.807, 2.05) is 43.3 Å². The Hall–Kier alpha value is -2.74. The van der Waals surface area contributed by atoms with Crippen LogP contribution in [-0.4, -0.2) is 6.61 Å². The van der Waals surface area contributed by atoms with Crippen LogP contribution in [0.2, 0.25) is 0 Å². The molecule has 2 heteroatoms. The van der Waals surface area contributed by atoms with E-state index in [1.54, 1.807) is 0 Å². The monoisotopic (exact) mass is 360 g/mol. The van der Waals surface area contributed by atoms with Crippen LogP contribution in [0, 0.1) is 0 Å². The van der Waals surface area contributed by atoms with E-state index in [1.165, 1.54) is 11.1 Å². The molecule has 1 unspecified atom stereocenters. The Morgan fingerprint density at radius 1 is 0.778 bits per heavy atom. The van der Waals surface area contributed by atoms with Gasteiger partial charge in [0.1, 0.15) is 17.2 Å². The number of para-hydroxylation sites is 1. The van der Waals surface area contributed by atoms with Gasteiger partial charge >= 0.3 is 0 Å². The molecular weight excluding hydrogens is 332 g/mol. The Morgan fingerprint density at radius 2 is 1.52 bits per heavy atom. The summed E-state index contributed by atoms with van der Waals surface area (Å²) in [6.07, 6.45) is 3.38. The molecule has 0 N–H and O–H groups in total. The zero-order valence-corrected chi connectivity index (χ0v) is 16.2. The van der Waals surface area contributed by atoms with Crippen LogP contribution in [0.15, 0.2) is 78.9 Å². The summed E-state index contributed by atoms with van der Waals surface area (Å²) in [5, 5.41) is 0. The number of aryl methyl sites for hydroxylation is 1. The van der Waals surface area contributed by atoms with E-state index in [-0.39, 0.29) is 0 Å². The van der Waals surface area contributed by atoms with Gasteiger partial charge in [-0.25, -0.2) is 0 Å². The van der Waals surface area contributed by atoms with Gasteiger partial charge in [-0.1, -0.05) is 49.4 Å². The topological polar surface area (TPSA) is 18.5 Å². The molecule has 0 fully saturated rings. The molecule has 0 aliphatic rings. The maximum atomic E-state index is 5.93. The van der Waals surface area contributed by atoms with Crippen LogP contribution in [0.3, 0.4) is 0 Å². The second-order valence-electron chi connectivity index (χ2n) is 6.86. The zero-order chi connectivity index (χ0) is 18.9. The molecule has 0 saturated carbocycles. The van der Waals surface area contributed by atoms with Crippen molar-refractivity contribution in [3.05, 3.63) is 90.0 Å². The highest BCUT2D eigenvalue weighted by Crippen LogP contribution is 2.26. The van der Waals surface area contributed by atoms with E-state index < -0.39 is 0 Å². The van der Waals surface area contributed by atoms with Crippen LogP contribution in [-0.2, 0) is 6.42 Å². The second kappa shape index (κ2) is 9.82. The fourth-order valence-corrected chi connectivity index (χ4v) is 3.23. The van der Waals surface area contributed by atoms with Crippen LogP contribution in [0.1, 0.15) is 43.7 Å². The van der Waals surface area contributed by atoms with Gasteiger partial charge in [-0.2, -0.15) is 0 Å². The van der Waals surface area contributed by atoms with Crippen molar-refractivity contribution in [2.45, 2.75) is 39.0 Å². The molecule has 0 saturated heterocycles. The Kier molecular flexibility index (Phi) is 6.92. The molecule has 27 heavy (non-hydrogen) atoms. The first-order valence-corrected chi connectivity index (χ1v) is 9.79. The summed E-state index contributed by atoms with van der Waals surface area (Å²) in [5.41, 5.74) is 2.70. The minimum Gasteiger partial charge on any atom is -0.494 e. The van der Waals surface area contributed by atoms with Crippen molar-refractivity contribution in [1.82, 2.24) is 0 Å². The normalized spacial score (nSPS) is 11.8. The number of hydrogen-bond donors (Lipinski definition) is 0. The van der Waals surface area contributed by atoms with Gasteiger partial charge in [-0.05, 0) is 79.6 Å². The van der Waals surface area contributed by atoms with Gasteiger partial charge in [0, 0.05) is 0 Å². The van der Waals surface area contributed by atoms with Gasteiger partial charge in [-0.15, -0.1) is 0 Å². The van der Waals surface area contributed by atoms with Crippen molar-refractivity contribution in [3.8, 4) is 17.2 Å². The van der Waals surface area contributed by atoms with E-state index in [9.17, 15) is 0 Å². The molecule has 0 radical (unpaired) electrons. The third-order valence-electron chi connectivity index (χ3n) is 4.74. The maximum Gasteiger partial charge on any atom is 0.127 e. The third kappa shape index (κ3) is 5.89. The highest BCUT2D eigenvalue weighted by molar-refractivity contribution is 5.34. The van der Waals surface area contributed by atoms with Crippen molar-refractivity contribution in [3.63, 3.8) is 0 Å². The summed E-state index contributed by atoms with van der Waals surface area (Å²) < 4.78 is 11.5. The molecule has 0 bridgehead atoms. The van der Waals surface area contributed by atoms with E-state index in [0.29, 0.717) is 12.5 Å². The molecule has 3 rings (SSSR count). The van der Waals surface area contributed by atoms with E-state index in [2.05, 4.69) is 49.4 Å². The number of rotatable bonds is 9. The highest BCUT2D eigenvalue weighted by Gasteiger charge is 2.06. The summed E-state index contributed by atoms with van der Waals surface area (Å²) >= 11 is 0.